The predicted molar refractivity (Wildman–Crippen MR) is 59.3 cm³/mol. The molecule has 0 fully saturated rings. The summed E-state index contributed by atoms with van der Waals surface area (Å²) in [7, 11) is 0. The van der Waals surface area contributed by atoms with Gasteiger partial charge in [0.15, 0.2) is 0 Å². The van der Waals surface area contributed by atoms with Crippen molar-refractivity contribution in [1.82, 2.24) is 4.98 Å². The molecule has 0 bridgehead atoms. The van der Waals surface area contributed by atoms with E-state index in [4.69, 9.17) is 5.11 Å². The van der Waals surface area contributed by atoms with Crippen molar-refractivity contribution in [3.63, 3.8) is 0 Å². The number of thiazole rings is 1. The molecular formula is C11H11NO2S. The Morgan fingerprint density at radius 2 is 2.47 bits per heavy atom. The van der Waals surface area contributed by atoms with Gasteiger partial charge in [-0.15, -0.1) is 11.3 Å². The quantitative estimate of drug-likeness (QED) is 0.835. The Morgan fingerprint density at radius 1 is 1.67 bits per heavy atom. The maximum Gasteiger partial charge on any atom is 0.365 e. The summed E-state index contributed by atoms with van der Waals surface area (Å²) in [5.74, 6) is -0.654. The first-order valence-electron chi connectivity index (χ1n) is 4.71. The van der Waals surface area contributed by atoms with E-state index in [0.717, 1.165) is 11.3 Å². The molecule has 1 aliphatic carbocycles. The molecule has 1 aliphatic rings. The second-order valence-electron chi connectivity index (χ2n) is 3.53. The maximum absolute atomic E-state index is 10.7. The third-order valence-electron chi connectivity index (χ3n) is 2.31. The van der Waals surface area contributed by atoms with Crippen LogP contribution in [0.25, 0.3) is 0 Å². The van der Waals surface area contributed by atoms with Gasteiger partial charge in [-0.25, -0.2) is 9.78 Å². The van der Waals surface area contributed by atoms with Crippen LogP contribution >= 0.6 is 11.3 Å². The lowest BCUT2D eigenvalue weighted by Crippen LogP contribution is -1.95. The first-order valence-corrected chi connectivity index (χ1v) is 5.52. The number of allylic oxidation sites excluding steroid dienone is 4. The van der Waals surface area contributed by atoms with Gasteiger partial charge in [-0.05, 0) is 13.3 Å². The molecule has 1 heterocycles. The highest BCUT2D eigenvalue weighted by atomic mass is 32.1. The van der Waals surface area contributed by atoms with Crippen molar-refractivity contribution in [2.24, 2.45) is 0 Å². The van der Waals surface area contributed by atoms with Gasteiger partial charge in [0.25, 0.3) is 0 Å². The van der Waals surface area contributed by atoms with Crippen LogP contribution in [0.5, 0.6) is 0 Å². The molecular weight excluding hydrogens is 210 g/mol. The van der Waals surface area contributed by atoms with E-state index in [1.807, 2.05) is 6.92 Å². The number of carboxylic acid groups (broad SMARTS) is 1. The number of carboxylic acids is 1. The zero-order valence-corrected chi connectivity index (χ0v) is 9.12. The lowest BCUT2D eigenvalue weighted by atomic mass is 9.96. The standard InChI is InChI=1S/C11H11NO2S/c1-7-3-2-4-8(5-7)9-6-12-10(15-9)11(13)14/h2-3,5-6,8H,4H2,1H3,(H,13,14). The lowest BCUT2D eigenvalue weighted by molar-refractivity contribution is 0.0696. The van der Waals surface area contributed by atoms with Crippen LogP contribution in [0.1, 0.15) is 33.9 Å². The van der Waals surface area contributed by atoms with E-state index >= 15 is 0 Å². The molecule has 1 unspecified atom stereocenters. The summed E-state index contributed by atoms with van der Waals surface area (Å²) in [6.07, 6.45) is 8.94. The van der Waals surface area contributed by atoms with Crippen molar-refractivity contribution in [2.45, 2.75) is 19.3 Å². The second kappa shape index (κ2) is 3.98. The van der Waals surface area contributed by atoms with Gasteiger partial charge in [-0.3, -0.25) is 0 Å². The van der Waals surface area contributed by atoms with Crippen LogP contribution < -0.4 is 0 Å². The normalized spacial score (nSPS) is 20.1. The molecule has 3 nitrogen and oxygen atoms in total. The van der Waals surface area contributed by atoms with Crippen LogP contribution in [-0.2, 0) is 0 Å². The molecule has 0 amide bonds. The van der Waals surface area contributed by atoms with Crippen LogP contribution in [0.4, 0.5) is 0 Å². The maximum atomic E-state index is 10.7. The summed E-state index contributed by atoms with van der Waals surface area (Å²) in [5.41, 5.74) is 1.22. The molecule has 0 spiro atoms. The van der Waals surface area contributed by atoms with Gasteiger partial charge in [-0.1, -0.05) is 23.8 Å². The van der Waals surface area contributed by atoms with Crippen molar-refractivity contribution in [2.75, 3.05) is 0 Å². The fourth-order valence-electron chi connectivity index (χ4n) is 1.60. The zero-order valence-electron chi connectivity index (χ0n) is 8.30. The lowest BCUT2D eigenvalue weighted by Gasteiger charge is -2.12. The molecule has 15 heavy (non-hydrogen) atoms. The number of aromatic nitrogens is 1. The summed E-state index contributed by atoms with van der Waals surface area (Å²) in [5, 5.41) is 8.94. The number of hydrogen-bond acceptors (Lipinski definition) is 3. The first kappa shape index (κ1) is 10.1. The Bertz CT molecular complexity index is 445. The topological polar surface area (TPSA) is 50.2 Å². The number of rotatable bonds is 2. The minimum Gasteiger partial charge on any atom is -0.476 e. The minimum atomic E-state index is -0.946. The number of carbonyl (C=O) groups is 1. The van der Waals surface area contributed by atoms with Gasteiger partial charge < -0.3 is 5.11 Å². The Kier molecular flexibility index (Phi) is 2.68. The Morgan fingerprint density at radius 3 is 3.07 bits per heavy atom. The fourth-order valence-corrected chi connectivity index (χ4v) is 2.43. The number of hydrogen-bond donors (Lipinski definition) is 1. The average Bonchev–Trinajstić information content (AvgIpc) is 2.66. The van der Waals surface area contributed by atoms with E-state index in [-0.39, 0.29) is 5.01 Å². The smallest absolute Gasteiger partial charge is 0.365 e. The highest BCUT2D eigenvalue weighted by molar-refractivity contribution is 7.13. The molecule has 1 aromatic rings. The second-order valence-corrected chi connectivity index (χ2v) is 4.59. The van der Waals surface area contributed by atoms with Gasteiger partial charge in [0.2, 0.25) is 5.01 Å². The molecule has 4 heteroatoms. The van der Waals surface area contributed by atoms with E-state index in [2.05, 4.69) is 23.2 Å². The van der Waals surface area contributed by atoms with Crippen molar-refractivity contribution in [3.05, 3.63) is 39.9 Å². The van der Waals surface area contributed by atoms with Crippen LogP contribution in [0.15, 0.2) is 30.0 Å². The third-order valence-corrected chi connectivity index (χ3v) is 3.42. The van der Waals surface area contributed by atoms with Crippen LogP contribution in [-0.4, -0.2) is 16.1 Å². The Balaban J connectivity index is 2.23. The largest absolute Gasteiger partial charge is 0.476 e. The Labute approximate surface area is 91.8 Å². The molecule has 1 atom stereocenters. The van der Waals surface area contributed by atoms with Crippen LogP contribution in [0.2, 0.25) is 0 Å². The summed E-state index contributed by atoms with van der Waals surface area (Å²) < 4.78 is 0. The average molecular weight is 221 g/mol. The molecule has 1 aromatic heterocycles. The summed E-state index contributed by atoms with van der Waals surface area (Å²) in [4.78, 5) is 15.6. The molecule has 0 aromatic carbocycles. The molecule has 1 N–H and O–H groups in total. The first-order chi connectivity index (χ1) is 7.16. The van der Waals surface area contributed by atoms with Crippen molar-refractivity contribution in [1.29, 1.82) is 0 Å². The Hall–Kier alpha value is -1.42. The van der Waals surface area contributed by atoms with Gasteiger partial charge in [0.05, 0.1) is 0 Å². The predicted octanol–water partition coefficient (Wildman–Crippen LogP) is 2.83. The molecule has 0 saturated heterocycles. The van der Waals surface area contributed by atoms with Crippen molar-refractivity contribution in [3.8, 4) is 0 Å². The number of nitrogens with zero attached hydrogens (tertiary/aromatic N) is 1. The minimum absolute atomic E-state index is 0.172. The monoisotopic (exact) mass is 221 g/mol. The SMILES string of the molecule is CC1=CC(c2cnc(C(=O)O)s2)CC=C1. The zero-order chi connectivity index (χ0) is 10.8. The van der Waals surface area contributed by atoms with Crippen LogP contribution in [0, 0.1) is 0 Å². The number of aromatic carboxylic acids is 1. The van der Waals surface area contributed by atoms with E-state index in [1.54, 1.807) is 6.20 Å². The fraction of sp³-hybridized carbons (Fsp3) is 0.273. The van der Waals surface area contributed by atoms with E-state index in [9.17, 15) is 4.79 Å². The highest BCUT2D eigenvalue weighted by Crippen LogP contribution is 2.30. The van der Waals surface area contributed by atoms with Gasteiger partial charge in [0, 0.05) is 17.0 Å². The van der Waals surface area contributed by atoms with Crippen molar-refractivity contribution < 1.29 is 9.90 Å². The molecule has 0 aliphatic heterocycles. The summed E-state index contributed by atoms with van der Waals surface area (Å²) in [6, 6.07) is 0. The van der Waals surface area contributed by atoms with Crippen molar-refractivity contribution >= 4 is 17.3 Å². The van der Waals surface area contributed by atoms with Gasteiger partial charge in [-0.2, -0.15) is 0 Å². The molecule has 2 rings (SSSR count). The van der Waals surface area contributed by atoms with Crippen LogP contribution in [0.3, 0.4) is 0 Å². The van der Waals surface area contributed by atoms with Gasteiger partial charge >= 0.3 is 5.97 Å². The summed E-state index contributed by atoms with van der Waals surface area (Å²) >= 11 is 1.26. The van der Waals surface area contributed by atoms with E-state index < -0.39 is 5.97 Å². The third kappa shape index (κ3) is 2.15. The molecule has 0 saturated carbocycles. The molecule has 0 radical (unpaired) electrons. The summed E-state index contributed by atoms with van der Waals surface area (Å²) in [6.45, 7) is 2.04. The molecule has 78 valence electrons. The highest BCUT2D eigenvalue weighted by Gasteiger charge is 2.16. The van der Waals surface area contributed by atoms with Gasteiger partial charge in [0.1, 0.15) is 0 Å². The van der Waals surface area contributed by atoms with E-state index in [0.29, 0.717) is 5.92 Å². The van der Waals surface area contributed by atoms with E-state index in [1.165, 1.54) is 16.9 Å².